The summed E-state index contributed by atoms with van der Waals surface area (Å²) in [5.74, 6) is 0.0558. The van der Waals surface area contributed by atoms with Gasteiger partial charge in [0.15, 0.2) is 0 Å². The van der Waals surface area contributed by atoms with E-state index in [0.717, 1.165) is 6.07 Å². The van der Waals surface area contributed by atoms with Gasteiger partial charge in [-0.1, -0.05) is 24.4 Å². The van der Waals surface area contributed by atoms with E-state index in [1.54, 1.807) is 12.1 Å². The van der Waals surface area contributed by atoms with E-state index in [2.05, 4.69) is 15.5 Å². The third-order valence-electron chi connectivity index (χ3n) is 3.67. The number of alkyl halides is 3. The Labute approximate surface area is 165 Å². The van der Waals surface area contributed by atoms with Gasteiger partial charge in [-0.2, -0.15) is 13.2 Å². The molecule has 6 nitrogen and oxygen atoms in total. The number of β-amino-alcohol motifs (C(OH)–C–C–N with tert-alkyl or cyclic N) is 1. The van der Waals surface area contributed by atoms with E-state index in [4.69, 9.17) is 21.7 Å². The monoisotopic (exact) mass is 417 g/mol. The molecule has 1 aromatic heterocycles. The van der Waals surface area contributed by atoms with Crippen molar-refractivity contribution in [2.45, 2.75) is 31.7 Å². The smallest absolute Gasteiger partial charge is 0.419 e. The highest BCUT2D eigenvalue weighted by Gasteiger charge is 2.34. The maximum atomic E-state index is 12.9. The second-order valence-electron chi connectivity index (χ2n) is 6.77. The molecule has 1 atom stereocenters. The number of ether oxygens (including phenoxy) is 2. The van der Waals surface area contributed by atoms with E-state index in [9.17, 15) is 18.3 Å². The van der Waals surface area contributed by atoms with Crippen molar-refractivity contribution in [3.63, 3.8) is 0 Å². The lowest BCUT2D eigenvalue weighted by Gasteiger charge is -2.27. The number of aliphatic hydroxyl groups is 1. The maximum Gasteiger partial charge on any atom is 0.419 e. The molecule has 1 unspecified atom stereocenters. The van der Waals surface area contributed by atoms with Crippen molar-refractivity contribution in [1.29, 1.82) is 0 Å². The summed E-state index contributed by atoms with van der Waals surface area (Å²) in [7, 11) is 0. The van der Waals surface area contributed by atoms with Crippen molar-refractivity contribution < 1.29 is 27.8 Å². The molecule has 0 bridgehead atoms. The predicted octanol–water partition coefficient (Wildman–Crippen LogP) is 3.34. The maximum absolute atomic E-state index is 12.9. The highest BCUT2D eigenvalue weighted by molar-refractivity contribution is 7.71. The van der Waals surface area contributed by atoms with Gasteiger partial charge in [-0.3, -0.25) is 5.10 Å². The summed E-state index contributed by atoms with van der Waals surface area (Å²) in [5, 5.41) is 19.7. The van der Waals surface area contributed by atoms with Crippen LogP contribution in [0.25, 0.3) is 0 Å². The Bertz CT molecular complexity index is 807. The minimum absolute atomic E-state index is 0.106. The fraction of sp³-hybridized carbons (Fsp3) is 0.444. The van der Waals surface area contributed by atoms with Crippen molar-refractivity contribution in [2.75, 3.05) is 19.8 Å². The lowest BCUT2D eigenvalue weighted by Crippen LogP contribution is -2.48. The van der Waals surface area contributed by atoms with Crippen molar-refractivity contribution >= 4 is 12.2 Å². The van der Waals surface area contributed by atoms with Gasteiger partial charge < -0.3 is 19.9 Å². The van der Waals surface area contributed by atoms with Crippen LogP contribution < -0.4 is 14.8 Å². The molecule has 0 saturated heterocycles. The summed E-state index contributed by atoms with van der Waals surface area (Å²) < 4.78 is 50.0. The number of benzene rings is 1. The van der Waals surface area contributed by atoms with Crippen molar-refractivity contribution in [3.05, 3.63) is 46.6 Å². The number of aliphatic hydroxyl groups excluding tert-OH is 1. The number of para-hydroxylation sites is 1. The predicted molar refractivity (Wildman–Crippen MR) is 99.9 cm³/mol. The van der Waals surface area contributed by atoms with E-state index in [1.807, 2.05) is 13.8 Å². The van der Waals surface area contributed by atoms with Gasteiger partial charge in [0, 0.05) is 18.2 Å². The summed E-state index contributed by atoms with van der Waals surface area (Å²) in [4.78, 5) is 0. The Balaban J connectivity index is 1.80. The molecule has 2 rings (SSSR count). The van der Waals surface area contributed by atoms with Crippen LogP contribution in [0, 0.1) is 4.64 Å². The summed E-state index contributed by atoms with van der Waals surface area (Å²) in [6, 6.07) is 8.17. The molecule has 0 aliphatic carbocycles. The fourth-order valence-corrected chi connectivity index (χ4v) is 2.30. The van der Waals surface area contributed by atoms with Crippen LogP contribution >= 0.6 is 12.2 Å². The minimum Gasteiger partial charge on any atom is -0.490 e. The summed E-state index contributed by atoms with van der Waals surface area (Å²) >= 11 is 4.90. The summed E-state index contributed by atoms with van der Waals surface area (Å²) in [5.41, 5.74) is -1.41. The Morgan fingerprint density at radius 3 is 2.54 bits per heavy atom. The molecule has 0 amide bonds. The molecule has 0 aliphatic rings. The average molecular weight is 417 g/mol. The molecule has 28 heavy (non-hydrogen) atoms. The van der Waals surface area contributed by atoms with E-state index >= 15 is 0 Å². The Morgan fingerprint density at radius 1 is 1.18 bits per heavy atom. The topological polar surface area (TPSA) is 79.4 Å². The molecule has 0 fully saturated rings. The van der Waals surface area contributed by atoms with Crippen molar-refractivity contribution in [1.82, 2.24) is 15.5 Å². The molecule has 0 radical (unpaired) electrons. The van der Waals surface area contributed by atoms with E-state index in [-0.39, 0.29) is 25.5 Å². The molecule has 10 heteroatoms. The largest absolute Gasteiger partial charge is 0.490 e. The number of nitrogens with zero attached hydrogens (tertiary/aromatic N) is 1. The van der Waals surface area contributed by atoms with Crippen LogP contribution in [0.4, 0.5) is 13.2 Å². The number of aromatic nitrogens is 2. The Hall–Kier alpha value is -2.17. The second-order valence-corrected chi connectivity index (χ2v) is 7.21. The standard InChI is InChI=1S/C18H22F3N3O3S/c1-17(2,11-27-15-7-8-16(28)24-23-15)22-9-12(25)10-26-14-6-4-3-5-13(14)18(19,20)21/h3-8,12,22,25H,9-11H2,1-2H3,(H,24,28). The van der Waals surface area contributed by atoms with Gasteiger partial charge in [0.2, 0.25) is 5.88 Å². The van der Waals surface area contributed by atoms with E-state index in [0.29, 0.717) is 10.5 Å². The van der Waals surface area contributed by atoms with Crippen LogP contribution in [-0.2, 0) is 6.18 Å². The number of hydrogen-bond acceptors (Lipinski definition) is 6. The molecule has 0 spiro atoms. The number of rotatable bonds is 9. The highest BCUT2D eigenvalue weighted by atomic mass is 32.1. The number of hydrogen-bond donors (Lipinski definition) is 3. The van der Waals surface area contributed by atoms with Crippen LogP contribution in [-0.4, -0.2) is 46.7 Å². The summed E-state index contributed by atoms with van der Waals surface area (Å²) in [6.07, 6.45) is -5.53. The molecule has 0 aliphatic heterocycles. The number of aromatic amines is 1. The van der Waals surface area contributed by atoms with Gasteiger partial charge in [0.25, 0.3) is 0 Å². The van der Waals surface area contributed by atoms with Gasteiger partial charge in [-0.05, 0) is 32.0 Å². The SMILES string of the molecule is CC(C)(COc1ccc(=S)[nH]n1)NCC(O)COc1ccccc1C(F)(F)F. The van der Waals surface area contributed by atoms with Gasteiger partial charge in [-0.25, -0.2) is 0 Å². The van der Waals surface area contributed by atoms with Crippen LogP contribution in [0.15, 0.2) is 36.4 Å². The first-order valence-corrected chi connectivity index (χ1v) is 8.88. The molecule has 1 aromatic carbocycles. The first-order chi connectivity index (χ1) is 13.1. The Kier molecular flexibility index (Phi) is 7.39. The van der Waals surface area contributed by atoms with Crippen LogP contribution in [0.1, 0.15) is 19.4 Å². The number of nitrogens with one attached hydrogen (secondary N) is 2. The molecular weight excluding hydrogens is 395 g/mol. The molecule has 2 aromatic rings. The number of halogens is 3. The molecular formula is C18H22F3N3O3S. The van der Waals surface area contributed by atoms with Crippen LogP contribution in [0.3, 0.4) is 0 Å². The molecule has 154 valence electrons. The second kappa shape index (κ2) is 9.35. The molecule has 0 saturated carbocycles. The summed E-state index contributed by atoms with van der Waals surface area (Å²) in [6.45, 7) is 3.77. The zero-order chi connectivity index (χ0) is 20.8. The third kappa shape index (κ3) is 7.10. The zero-order valence-corrected chi connectivity index (χ0v) is 16.2. The quantitative estimate of drug-likeness (QED) is 0.543. The first-order valence-electron chi connectivity index (χ1n) is 8.47. The van der Waals surface area contributed by atoms with Crippen LogP contribution in [0.5, 0.6) is 11.6 Å². The van der Waals surface area contributed by atoms with Crippen molar-refractivity contribution in [3.8, 4) is 11.6 Å². The van der Waals surface area contributed by atoms with Crippen molar-refractivity contribution in [2.24, 2.45) is 0 Å². The highest BCUT2D eigenvalue weighted by Crippen LogP contribution is 2.35. The first kappa shape index (κ1) is 22.1. The average Bonchev–Trinajstić information content (AvgIpc) is 2.64. The fourth-order valence-electron chi connectivity index (χ4n) is 2.18. The molecule has 3 N–H and O–H groups in total. The zero-order valence-electron chi connectivity index (χ0n) is 15.4. The van der Waals surface area contributed by atoms with E-state index < -0.39 is 23.4 Å². The number of H-pyrrole nitrogens is 1. The van der Waals surface area contributed by atoms with Gasteiger partial charge in [-0.15, -0.1) is 5.10 Å². The Morgan fingerprint density at radius 2 is 1.89 bits per heavy atom. The lowest BCUT2D eigenvalue weighted by molar-refractivity contribution is -0.139. The minimum atomic E-state index is -4.52. The van der Waals surface area contributed by atoms with Gasteiger partial charge in [0.05, 0.1) is 5.56 Å². The van der Waals surface area contributed by atoms with E-state index in [1.165, 1.54) is 18.2 Å². The van der Waals surface area contributed by atoms with Crippen LogP contribution in [0.2, 0.25) is 0 Å². The van der Waals surface area contributed by atoms with Gasteiger partial charge >= 0.3 is 6.18 Å². The molecule has 1 heterocycles. The third-order valence-corrected chi connectivity index (χ3v) is 3.90. The lowest BCUT2D eigenvalue weighted by atomic mass is 10.1. The van der Waals surface area contributed by atoms with Gasteiger partial charge in [0.1, 0.15) is 29.7 Å². The normalized spacial score (nSPS) is 13.2.